The van der Waals surface area contributed by atoms with Crippen molar-refractivity contribution < 1.29 is 9.47 Å². The summed E-state index contributed by atoms with van der Waals surface area (Å²) in [5.41, 5.74) is 1.28. The Morgan fingerprint density at radius 1 is 1.17 bits per heavy atom. The average Bonchev–Trinajstić information content (AvgIpc) is 2.40. The number of nitrogens with zero attached hydrogens (tertiary/aromatic N) is 1. The average molecular weight is 269 g/mol. The van der Waals surface area contributed by atoms with Gasteiger partial charge < -0.3 is 9.47 Å². The third-order valence-corrected chi connectivity index (χ3v) is 3.10. The fraction of sp³-hybridized carbons (Fsp3) is 0.643. The first-order chi connectivity index (χ1) is 8.81. The van der Waals surface area contributed by atoms with Crippen LogP contribution in [0.25, 0.3) is 0 Å². The summed E-state index contributed by atoms with van der Waals surface area (Å²) >= 11 is 4.34. The van der Waals surface area contributed by atoms with Gasteiger partial charge in [0, 0.05) is 32.0 Å². The summed E-state index contributed by atoms with van der Waals surface area (Å²) in [5.74, 6) is 1.27. The predicted molar refractivity (Wildman–Crippen MR) is 77.1 cm³/mol. The molecule has 0 bridgehead atoms. The normalized spacial score (nSPS) is 12.9. The van der Waals surface area contributed by atoms with E-state index < -0.39 is 0 Å². The summed E-state index contributed by atoms with van der Waals surface area (Å²) in [4.78, 5) is 4.06. The number of hydrogen-bond acceptors (Lipinski definition) is 4. The van der Waals surface area contributed by atoms with Crippen LogP contribution < -0.4 is 0 Å². The van der Waals surface area contributed by atoms with Crippen LogP contribution in [0.3, 0.4) is 0 Å². The highest BCUT2D eigenvalue weighted by Crippen LogP contribution is 2.26. The zero-order valence-corrected chi connectivity index (χ0v) is 12.1. The number of rotatable bonds is 9. The summed E-state index contributed by atoms with van der Waals surface area (Å²) in [6.07, 6.45) is 5.42. The molecule has 0 amide bonds. The monoisotopic (exact) mass is 269 g/mol. The quantitative estimate of drug-likeness (QED) is 0.551. The van der Waals surface area contributed by atoms with Crippen molar-refractivity contribution in [3.63, 3.8) is 0 Å². The SMILES string of the molecule is CCOC(CC(CCS)c1ccncc1)OCC. The lowest BCUT2D eigenvalue weighted by Crippen LogP contribution is -2.21. The first-order valence-electron chi connectivity index (χ1n) is 6.55. The molecule has 0 saturated heterocycles. The summed E-state index contributed by atoms with van der Waals surface area (Å²) < 4.78 is 11.2. The van der Waals surface area contributed by atoms with Crippen LogP contribution >= 0.6 is 12.6 Å². The van der Waals surface area contributed by atoms with E-state index >= 15 is 0 Å². The van der Waals surface area contributed by atoms with Gasteiger partial charge in [-0.05, 0) is 49.6 Å². The number of thiol groups is 1. The highest BCUT2D eigenvalue weighted by Gasteiger charge is 2.18. The molecule has 18 heavy (non-hydrogen) atoms. The second-order valence-corrected chi connectivity index (χ2v) is 4.51. The van der Waals surface area contributed by atoms with Crippen LogP contribution in [-0.2, 0) is 9.47 Å². The second-order valence-electron chi connectivity index (χ2n) is 4.07. The molecule has 0 aromatic carbocycles. The molecule has 4 heteroatoms. The van der Waals surface area contributed by atoms with Gasteiger partial charge in [-0.3, -0.25) is 4.98 Å². The van der Waals surface area contributed by atoms with Crippen LogP contribution in [0.15, 0.2) is 24.5 Å². The van der Waals surface area contributed by atoms with Crippen LogP contribution in [-0.4, -0.2) is 30.2 Å². The van der Waals surface area contributed by atoms with Crippen molar-refractivity contribution in [3.05, 3.63) is 30.1 Å². The molecular weight excluding hydrogens is 246 g/mol. The molecule has 0 saturated carbocycles. The number of ether oxygens (including phenoxy) is 2. The molecule has 0 N–H and O–H groups in total. The molecule has 1 unspecified atom stereocenters. The molecule has 102 valence electrons. The minimum absolute atomic E-state index is 0.127. The van der Waals surface area contributed by atoms with E-state index in [1.807, 2.05) is 26.2 Å². The topological polar surface area (TPSA) is 31.4 Å². The molecule has 1 aromatic rings. The first-order valence-corrected chi connectivity index (χ1v) is 7.19. The van der Waals surface area contributed by atoms with Gasteiger partial charge in [-0.15, -0.1) is 0 Å². The summed E-state index contributed by atoms with van der Waals surface area (Å²) in [5, 5.41) is 0. The number of hydrogen-bond donors (Lipinski definition) is 1. The zero-order chi connectivity index (χ0) is 13.2. The van der Waals surface area contributed by atoms with E-state index in [2.05, 4.69) is 29.7 Å². The fourth-order valence-electron chi connectivity index (χ4n) is 2.00. The lowest BCUT2D eigenvalue weighted by Gasteiger charge is -2.23. The van der Waals surface area contributed by atoms with Crippen molar-refractivity contribution in [2.75, 3.05) is 19.0 Å². The molecule has 0 radical (unpaired) electrons. The molecule has 3 nitrogen and oxygen atoms in total. The van der Waals surface area contributed by atoms with Gasteiger partial charge in [-0.25, -0.2) is 0 Å². The Morgan fingerprint density at radius 2 is 1.78 bits per heavy atom. The van der Waals surface area contributed by atoms with Gasteiger partial charge in [0.2, 0.25) is 0 Å². The predicted octanol–water partition coefficient (Wildman–Crippen LogP) is 3.27. The molecule has 0 aliphatic heterocycles. The molecule has 1 rings (SSSR count). The van der Waals surface area contributed by atoms with E-state index in [9.17, 15) is 0 Å². The van der Waals surface area contributed by atoms with Gasteiger partial charge >= 0.3 is 0 Å². The Bertz CT molecular complexity index is 302. The molecule has 1 atom stereocenters. The maximum atomic E-state index is 5.62. The van der Waals surface area contributed by atoms with E-state index in [4.69, 9.17) is 9.47 Å². The van der Waals surface area contributed by atoms with E-state index in [1.165, 1.54) is 5.56 Å². The van der Waals surface area contributed by atoms with E-state index in [1.54, 1.807) is 0 Å². The van der Waals surface area contributed by atoms with Crippen molar-refractivity contribution in [1.29, 1.82) is 0 Å². The van der Waals surface area contributed by atoms with Crippen LogP contribution in [0, 0.1) is 0 Å². The van der Waals surface area contributed by atoms with Gasteiger partial charge in [-0.1, -0.05) is 0 Å². The summed E-state index contributed by atoms with van der Waals surface area (Å²) in [6, 6.07) is 4.12. The molecule has 0 fully saturated rings. The maximum Gasteiger partial charge on any atom is 0.158 e. The van der Waals surface area contributed by atoms with E-state index in [-0.39, 0.29) is 6.29 Å². The van der Waals surface area contributed by atoms with Crippen molar-refractivity contribution in [2.45, 2.75) is 38.9 Å². The smallest absolute Gasteiger partial charge is 0.158 e. The Morgan fingerprint density at radius 3 is 2.28 bits per heavy atom. The Hall–Kier alpha value is -0.580. The maximum absolute atomic E-state index is 5.62. The molecule has 0 aliphatic rings. The zero-order valence-electron chi connectivity index (χ0n) is 11.2. The molecular formula is C14H23NO2S. The minimum atomic E-state index is -0.127. The van der Waals surface area contributed by atoms with Gasteiger partial charge in [0.25, 0.3) is 0 Å². The molecule has 1 heterocycles. The molecule has 0 spiro atoms. The second kappa shape index (κ2) is 9.36. The molecule has 0 aliphatic carbocycles. The lowest BCUT2D eigenvalue weighted by atomic mass is 9.94. The van der Waals surface area contributed by atoms with Crippen molar-refractivity contribution in [1.82, 2.24) is 4.98 Å². The van der Waals surface area contributed by atoms with E-state index in [0.717, 1.165) is 18.6 Å². The third kappa shape index (κ3) is 5.38. The van der Waals surface area contributed by atoms with Gasteiger partial charge in [0.1, 0.15) is 0 Å². The van der Waals surface area contributed by atoms with Crippen molar-refractivity contribution >= 4 is 12.6 Å². The third-order valence-electron chi connectivity index (χ3n) is 2.84. The Kier molecular flexibility index (Phi) is 8.05. The van der Waals surface area contributed by atoms with Crippen LogP contribution in [0.1, 0.15) is 38.2 Å². The molecule has 1 aromatic heterocycles. The van der Waals surface area contributed by atoms with E-state index in [0.29, 0.717) is 19.1 Å². The fourth-order valence-corrected chi connectivity index (χ4v) is 2.31. The van der Waals surface area contributed by atoms with Gasteiger partial charge in [0.05, 0.1) is 0 Å². The highest BCUT2D eigenvalue weighted by molar-refractivity contribution is 7.80. The largest absolute Gasteiger partial charge is 0.353 e. The van der Waals surface area contributed by atoms with Crippen molar-refractivity contribution in [3.8, 4) is 0 Å². The number of aromatic nitrogens is 1. The number of pyridine rings is 1. The van der Waals surface area contributed by atoms with Crippen LogP contribution in [0.4, 0.5) is 0 Å². The standard InChI is InChI=1S/C14H23NO2S/c1-3-16-14(17-4-2)11-13(7-10-18)12-5-8-15-9-6-12/h5-6,8-9,13-14,18H,3-4,7,10-11H2,1-2H3. The van der Waals surface area contributed by atoms with Crippen LogP contribution in [0.2, 0.25) is 0 Å². The summed E-state index contributed by atoms with van der Waals surface area (Å²) in [7, 11) is 0. The summed E-state index contributed by atoms with van der Waals surface area (Å²) in [6.45, 7) is 5.33. The minimum Gasteiger partial charge on any atom is -0.353 e. The lowest BCUT2D eigenvalue weighted by molar-refractivity contribution is -0.142. The Balaban J connectivity index is 2.66. The Labute approximate surface area is 115 Å². The van der Waals surface area contributed by atoms with Gasteiger partial charge in [0.15, 0.2) is 6.29 Å². The van der Waals surface area contributed by atoms with Crippen LogP contribution in [0.5, 0.6) is 0 Å². The van der Waals surface area contributed by atoms with Gasteiger partial charge in [-0.2, -0.15) is 12.6 Å². The first kappa shape index (κ1) is 15.5. The van der Waals surface area contributed by atoms with Crippen molar-refractivity contribution in [2.24, 2.45) is 0 Å². The highest BCUT2D eigenvalue weighted by atomic mass is 32.1.